The third-order valence-corrected chi connectivity index (χ3v) is 3.08. The molecular weight excluding hydrogens is 178 g/mol. The number of ether oxygens (including phenoxy) is 2. The first kappa shape index (κ1) is 10.4. The van der Waals surface area contributed by atoms with E-state index in [0.29, 0.717) is 5.92 Å². The van der Waals surface area contributed by atoms with Crippen molar-refractivity contribution in [3.05, 3.63) is 0 Å². The maximum Gasteiger partial charge on any atom is 0.157 e. The summed E-state index contributed by atoms with van der Waals surface area (Å²) in [5.74, 6) is 0.593. The lowest BCUT2D eigenvalue weighted by Crippen LogP contribution is -2.38. The molecule has 0 radical (unpaired) electrons. The largest absolute Gasteiger partial charge is 0.352 e. The van der Waals surface area contributed by atoms with Crippen molar-refractivity contribution in [1.29, 1.82) is 0 Å². The molecule has 0 saturated carbocycles. The van der Waals surface area contributed by atoms with Crippen molar-refractivity contribution in [2.75, 3.05) is 32.8 Å². The summed E-state index contributed by atoms with van der Waals surface area (Å²) in [6.07, 6.45) is 3.76. The Balaban J connectivity index is 1.67. The Morgan fingerprint density at radius 2 is 1.79 bits per heavy atom. The Labute approximate surface area is 86.4 Å². The van der Waals surface area contributed by atoms with E-state index in [0.717, 1.165) is 26.2 Å². The Hall–Kier alpha value is -0.120. The first-order valence-electron chi connectivity index (χ1n) is 5.84. The third kappa shape index (κ3) is 2.69. The van der Waals surface area contributed by atoms with Gasteiger partial charge in [-0.2, -0.15) is 0 Å². The number of hydrogen-bond acceptors (Lipinski definition) is 3. The lowest BCUT2D eigenvalue weighted by Gasteiger charge is -2.31. The van der Waals surface area contributed by atoms with E-state index < -0.39 is 0 Å². The van der Waals surface area contributed by atoms with Gasteiger partial charge in [0.2, 0.25) is 0 Å². The standard InChI is InChI=1S/C11H21NO2/c1-2-11-13-8-10(9-14-11)7-12-5-3-4-6-12/h10-11H,2-9H2,1H3. The van der Waals surface area contributed by atoms with Crippen molar-refractivity contribution >= 4 is 0 Å². The van der Waals surface area contributed by atoms with Crippen LogP contribution in [0.5, 0.6) is 0 Å². The zero-order chi connectivity index (χ0) is 9.80. The van der Waals surface area contributed by atoms with Gasteiger partial charge in [0.1, 0.15) is 0 Å². The van der Waals surface area contributed by atoms with Gasteiger partial charge >= 0.3 is 0 Å². The van der Waals surface area contributed by atoms with Crippen molar-refractivity contribution in [1.82, 2.24) is 4.90 Å². The predicted molar refractivity (Wildman–Crippen MR) is 55.1 cm³/mol. The average Bonchev–Trinajstić information content (AvgIpc) is 2.72. The molecule has 0 bridgehead atoms. The molecule has 0 aliphatic carbocycles. The summed E-state index contributed by atoms with van der Waals surface area (Å²) in [6.45, 7) is 7.58. The number of likely N-dealkylation sites (tertiary alicyclic amines) is 1. The molecule has 0 unspecified atom stereocenters. The second-order valence-electron chi connectivity index (χ2n) is 4.38. The van der Waals surface area contributed by atoms with Gasteiger partial charge in [0.05, 0.1) is 13.2 Å². The second kappa shape index (κ2) is 5.10. The molecule has 82 valence electrons. The van der Waals surface area contributed by atoms with Crippen LogP contribution < -0.4 is 0 Å². The van der Waals surface area contributed by atoms with Crippen LogP contribution in [0.4, 0.5) is 0 Å². The van der Waals surface area contributed by atoms with E-state index in [-0.39, 0.29) is 6.29 Å². The van der Waals surface area contributed by atoms with Crippen LogP contribution in [0.25, 0.3) is 0 Å². The topological polar surface area (TPSA) is 21.7 Å². The minimum atomic E-state index is 0.0600. The maximum atomic E-state index is 5.60. The predicted octanol–water partition coefficient (Wildman–Crippen LogP) is 1.48. The Morgan fingerprint density at radius 1 is 1.14 bits per heavy atom. The smallest absolute Gasteiger partial charge is 0.157 e. The van der Waals surface area contributed by atoms with E-state index in [9.17, 15) is 0 Å². The first-order chi connectivity index (χ1) is 6.88. The molecule has 2 aliphatic heterocycles. The fourth-order valence-electron chi connectivity index (χ4n) is 2.25. The molecule has 0 amide bonds. The molecular formula is C11H21NO2. The molecule has 0 aromatic heterocycles. The van der Waals surface area contributed by atoms with Gasteiger partial charge < -0.3 is 14.4 Å². The van der Waals surface area contributed by atoms with Gasteiger partial charge in [0.15, 0.2) is 6.29 Å². The van der Waals surface area contributed by atoms with Crippen LogP contribution in [-0.2, 0) is 9.47 Å². The summed E-state index contributed by atoms with van der Waals surface area (Å²) in [4.78, 5) is 2.53. The monoisotopic (exact) mass is 199 g/mol. The second-order valence-corrected chi connectivity index (χ2v) is 4.38. The van der Waals surface area contributed by atoms with Gasteiger partial charge in [0.25, 0.3) is 0 Å². The summed E-state index contributed by atoms with van der Waals surface area (Å²) >= 11 is 0. The molecule has 2 aliphatic rings. The molecule has 2 saturated heterocycles. The SMILES string of the molecule is CCC1OCC(CN2CCCC2)CO1. The normalized spacial score (nSPS) is 34.9. The highest BCUT2D eigenvalue weighted by Gasteiger charge is 2.23. The zero-order valence-electron chi connectivity index (χ0n) is 9.08. The minimum absolute atomic E-state index is 0.0600. The highest BCUT2D eigenvalue weighted by Crippen LogP contribution is 2.16. The van der Waals surface area contributed by atoms with Gasteiger partial charge in [-0.25, -0.2) is 0 Å². The Kier molecular flexibility index (Phi) is 3.79. The summed E-state index contributed by atoms with van der Waals surface area (Å²) in [7, 11) is 0. The van der Waals surface area contributed by atoms with E-state index in [1.165, 1.54) is 25.9 Å². The number of nitrogens with zero attached hydrogens (tertiary/aromatic N) is 1. The summed E-state index contributed by atoms with van der Waals surface area (Å²) in [5.41, 5.74) is 0. The summed E-state index contributed by atoms with van der Waals surface area (Å²) in [5, 5.41) is 0. The van der Waals surface area contributed by atoms with Gasteiger partial charge in [0, 0.05) is 12.5 Å². The first-order valence-corrected chi connectivity index (χ1v) is 5.84. The quantitative estimate of drug-likeness (QED) is 0.687. The maximum absolute atomic E-state index is 5.60. The molecule has 0 aromatic carbocycles. The third-order valence-electron chi connectivity index (χ3n) is 3.08. The van der Waals surface area contributed by atoms with Crippen LogP contribution in [0.2, 0.25) is 0 Å². The number of hydrogen-bond donors (Lipinski definition) is 0. The molecule has 0 spiro atoms. The molecule has 2 rings (SSSR count). The van der Waals surface area contributed by atoms with Crippen LogP contribution in [0.1, 0.15) is 26.2 Å². The van der Waals surface area contributed by atoms with Gasteiger partial charge in [-0.05, 0) is 32.4 Å². The van der Waals surface area contributed by atoms with Crippen molar-refractivity contribution in [2.45, 2.75) is 32.5 Å². The van der Waals surface area contributed by atoms with Crippen molar-refractivity contribution < 1.29 is 9.47 Å². The average molecular weight is 199 g/mol. The molecule has 2 fully saturated rings. The van der Waals surface area contributed by atoms with Gasteiger partial charge in [-0.15, -0.1) is 0 Å². The molecule has 0 atom stereocenters. The van der Waals surface area contributed by atoms with Crippen LogP contribution in [-0.4, -0.2) is 44.0 Å². The van der Waals surface area contributed by atoms with E-state index in [1.54, 1.807) is 0 Å². The van der Waals surface area contributed by atoms with Crippen LogP contribution in [0, 0.1) is 5.92 Å². The van der Waals surface area contributed by atoms with E-state index in [1.807, 2.05) is 0 Å². The summed E-state index contributed by atoms with van der Waals surface area (Å²) in [6, 6.07) is 0. The fourth-order valence-corrected chi connectivity index (χ4v) is 2.25. The lowest BCUT2D eigenvalue weighted by molar-refractivity contribution is -0.202. The summed E-state index contributed by atoms with van der Waals surface area (Å²) < 4.78 is 11.2. The lowest BCUT2D eigenvalue weighted by atomic mass is 10.1. The minimum Gasteiger partial charge on any atom is -0.352 e. The van der Waals surface area contributed by atoms with Crippen molar-refractivity contribution in [2.24, 2.45) is 5.92 Å². The molecule has 14 heavy (non-hydrogen) atoms. The van der Waals surface area contributed by atoms with Crippen LogP contribution in [0.15, 0.2) is 0 Å². The van der Waals surface area contributed by atoms with Crippen LogP contribution >= 0.6 is 0 Å². The van der Waals surface area contributed by atoms with Gasteiger partial charge in [-0.3, -0.25) is 0 Å². The van der Waals surface area contributed by atoms with Crippen molar-refractivity contribution in [3.8, 4) is 0 Å². The van der Waals surface area contributed by atoms with Crippen molar-refractivity contribution in [3.63, 3.8) is 0 Å². The highest BCUT2D eigenvalue weighted by atomic mass is 16.7. The molecule has 0 aromatic rings. The van der Waals surface area contributed by atoms with E-state index in [4.69, 9.17) is 9.47 Å². The molecule has 3 nitrogen and oxygen atoms in total. The zero-order valence-corrected chi connectivity index (χ0v) is 9.08. The fraction of sp³-hybridized carbons (Fsp3) is 1.00. The molecule has 0 N–H and O–H groups in total. The van der Waals surface area contributed by atoms with E-state index >= 15 is 0 Å². The highest BCUT2D eigenvalue weighted by molar-refractivity contribution is 4.72. The molecule has 3 heteroatoms. The van der Waals surface area contributed by atoms with Gasteiger partial charge in [-0.1, -0.05) is 6.92 Å². The Morgan fingerprint density at radius 3 is 2.36 bits per heavy atom. The van der Waals surface area contributed by atoms with Crippen LogP contribution in [0.3, 0.4) is 0 Å². The number of rotatable bonds is 3. The van der Waals surface area contributed by atoms with E-state index in [2.05, 4.69) is 11.8 Å². The Bertz CT molecular complexity index is 161. The molecule has 2 heterocycles.